The highest BCUT2D eigenvalue weighted by molar-refractivity contribution is 8.00. The van der Waals surface area contributed by atoms with Crippen molar-refractivity contribution in [2.24, 2.45) is 0 Å². The topological polar surface area (TPSA) is 41.1 Å². The molecule has 0 aliphatic rings. The van der Waals surface area contributed by atoms with Gasteiger partial charge in [-0.25, -0.2) is 4.39 Å². The standard InChI is InChI=1S/C12H17FN2OS.ClH/c1-9(14-2)7-15-12(16)8-17-11-5-3-10(13)4-6-11;/h3-6,9,14H,7-8H2,1-2H3,(H,15,16);1H. The third-order valence-electron chi connectivity index (χ3n) is 2.28. The van der Waals surface area contributed by atoms with Crippen molar-refractivity contribution in [1.82, 2.24) is 10.6 Å². The van der Waals surface area contributed by atoms with Crippen LogP contribution in [0, 0.1) is 5.82 Å². The molecule has 1 aromatic rings. The van der Waals surface area contributed by atoms with Gasteiger partial charge in [0.25, 0.3) is 0 Å². The van der Waals surface area contributed by atoms with E-state index < -0.39 is 0 Å². The van der Waals surface area contributed by atoms with Gasteiger partial charge >= 0.3 is 0 Å². The third kappa shape index (κ3) is 6.83. The average Bonchev–Trinajstić information content (AvgIpc) is 2.35. The van der Waals surface area contributed by atoms with Crippen molar-refractivity contribution >= 4 is 30.1 Å². The van der Waals surface area contributed by atoms with Crippen LogP contribution in [0.5, 0.6) is 0 Å². The Bertz CT molecular complexity index is 362. The summed E-state index contributed by atoms with van der Waals surface area (Å²) in [5.74, 6) is 0.0743. The van der Waals surface area contributed by atoms with Gasteiger partial charge in [0.05, 0.1) is 5.75 Å². The number of nitrogens with one attached hydrogen (secondary N) is 2. The molecule has 0 heterocycles. The zero-order valence-corrected chi connectivity index (χ0v) is 12.0. The fourth-order valence-electron chi connectivity index (χ4n) is 1.10. The molecule has 1 amide bonds. The fraction of sp³-hybridized carbons (Fsp3) is 0.417. The number of amides is 1. The Labute approximate surface area is 117 Å². The molecule has 1 aromatic carbocycles. The zero-order chi connectivity index (χ0) is 12.7. The fourth-order valence-corrected chi connectivity index (χ4v) is 1.83. The summed E-state index contributed by atoms with van der Waals surface area (Å²) in [7, 11) is 1.85. The maximum absolute atomic E-state index is 12.6. The minimum Gasteiger partial charge on any atom is -0.354 e. The Hall–Kier alpha value is -0.780. The van der Waals surface area contributed by atoms with E-state index in [1.54, 1.807) is 12.1 Å². The highest BCUT2D eigenvalue weighted by Crippen LogP contribution is 2.17. The molecule has 1 unspecified atom stereocenters. The Morgan fingerprint density at radius 1 is 1.39 bits per heavy atom. The summed E-state index contributed by atoms with van der Waals surface area (Å²) in [4.78, 5) is 12.4. The Kier molecular flexibility index (Phi) is 8.79. The van der Waals surface area contributed by atoms with Crippen molar-refractivity contribution < 1.29 is 9.18 Å². The molecule has 102 valence electrons. The van der Waals surface area contributed by atoms with Crippen LogP contribution in [0.3, 0.4) is 0 Å². The Morgan fingerprint density at radius 3 is 2.56 bits per heavy atom. The van der Waals surface area contributed by atoms with Gasteiger partial charge in [0.2, 0.25) is 5.91 Å². The van der Waals surface area contributed by atoms with E-state index in [1.807, 2.05) is 14.0 Å². The summed E-state index contributed by atoms with van der Waals surface area (Å²) in [5.41, 5.74) is 0. The third-order valence-corrected chi connectivity index (χ3v) is 3.29. The van der Waals surface area contributed by atoms with Crippen LogP contribution in [0.2, 0.25) is 0 Å². The number of likely N-dealkylation sites (N-methyl/N-ethyl adjacent to an activating group) is 1. The second-order valence-electron chi connectivity index (χ2n) is 3.74. The van der Waals surface area contributed by atoms with E-state index in [1.165, 1.54) is 23.9 Å². The minimum absolute atomic E-state index is 0. The summed E-state index contributed by atoms with van der Waals surface area (Å²) >= 11 is 1.40. The summed E-state index contributed by atoms with van der Waals surface area (Å²) in [6.45, 7) is 2.60. The molecule has 0 fully saturated rings. The van der Waals surface area contributed by atoms with E-state index in [9.17, 15) is 9.18 Å². The van der Waals surface area contributed by atoms with Gasteiger partial charge in [-0.05, 0) is 38.2 Å². The molecular weight excluding hydrogens is 275 g/mol. The van der Waals surface area contributed by atoms with Crippen molar-refractivity contribution in [1.29, 1.82) is 0 Å². The monoisotopic (exact) mass is 292 g/mol. The number of benzene rings is 1. The molecule has 6 heteroatoms. The molecule has 0 saturated carbocycles. The highest BCUT2D eigenvalue weighted by atomic mass is 35.5. The number of halogens is 2. The van der Waals surface area contributed by atoms with Crippen LogP contribution >= 0.6 is 24.2 Å². The lowest BCUT2D eigenvalue weighted by Gasteiger charge is -2.11. The Balaban J connectivity index is 0.00000289. The van der Waals surface area contributed by atoms with Gasteiger partial charge in [-0.15, -0.1) is 24.2 Å². The molecular formula is C12H18ClFN2OS. The van der Waals surface area contributed by atoms with Crippen LogP contribution < -0.4 is 10.6 Å². The van der Waals surface area contributed by atoms with Crippen LogP contribution in [-0.2, 0) is 4.79 Å². The number of thioether (sulfide) groups is 1. The maximum Gasteiger partial charge on any atom is 0.230 e. The number of hydrogen-bond acceptors (Lipinski definition) is 3. The molecule has 0 bridgehead atoms. The van der Waals surface area contributed by atoms with Gasteiger partial charge < -0.3 is 10.6 Å². The molecule has 18 heavy (non-hydrogen) atoms. The van der Waals surface area contributed by atoms with Crippen LogP contribution in [0.4, 0.5) is 4.39 Å². The van der Waals surface area contributed by atoms with Crippen LogP contribution in [-0.4, -0.2) is 31.3 Å². The molecule has 2 N–H and O–H groups in total. The normalized spacial score (nSPS) is 11.5. The highest BCUT2D eigenvalue weighted by Gasteiger charge is 2.04. The lowest BCUT2D eigenvalue weighted by Crippen LogP contribution is -2.37. The molecule has 1 rings (SSSR count). The van der Waals surface area contributed by atoms with Gasteiger partial charge in [-0.1, -0.05) is 0 Å². The van der Waals surface area contributed by atoms with E-state index in [-0.39, 0.29) is 30.2 Å². The van der Waals surface area contributed by atoms with E-state index >= 15 is 0 Å². The number of carbonyl (C=O) groups is 1. The summed E-state index contributed by atoms with van der Waals surface area (Å²) in [5, 5.41) is 5.86. The molecule has 1 atom stereocenters. The van der Waals surface area contributed by atoms with Crippen molar-refractivity contribution in [3.05, 3.63) is 30.1 Å². The summed E-state index contributed by atoms with van der Waals surface area (Å²) < 4.78 is 12.6. The number of rotatable bonds is 6. The molecule has 0 aliphatic heterocycles. The first-order valence-electron chi connectivity index (χ1n) is 5.44. The second-order valence-corrected chi connectivity index (χ2v) is 4.79. The smallest absolute Gasteiger partial charge is 0.230 e. The quantitative estimate of drug-likeness (QED) is 0.789. The van der Waals surface area contributed by atoms with Crippen molar-refractivity contribution in [3.8, 4) is 0 Å². The first-order valence-corrected chi connectivity index (χ1v) is 6.42. The van der Waals surface area contributed by atoms with Crippen LogP contribution in [0.15, 0.2) is 29.2 Å². The second kappa shape index (κ2) is 9.19. The van der Waals surface area contributed by atoms with E-state index in [2.05, 4.69) is 10.6 Å². The SMILES string of the molecule is CNC(C)CNC(=O)CSc1ccc(F)cc1.Cl. The summed E-state index contributed by atoms with van der Waals surface area (Å²) in [6, 6.07) is 6.38. The predicted molar refractivity (Wildman–Crippen MR) is 75.9 cm³/mol. The zero-order valence-electron chi connectivity index (χ0n) is 10.4. The number of hydrogen-bond donors (Lipinski definition) is 2. The van der Waals surface area contributed by atoms with Gasteiger partial charge in [-0.3, -0.25) is 4.79 Å². The molecule has 0 aliphatic carbocycles. The first kappa shape index (κ1) is 17.2. The predicted octanol–water partition coefficient (Wildman–Crippen LogP) is 2.06. The van der Waals surface area contributed by atoms with Crippen molar-refractivity contribution in [2.45, 2.75) is 17.9 Å². The lowest BCUT2D eigenvalue weighted by atomic mass is 10.3. The van der Waals surface area contributed by atoms with Gasteiger partial charge in [0, 0.05) is 17.5 Å². The van der Waals surface area contributed by atoms with Gasteiger partial charge in [0.15, 0.2) is 0 Å². The van der Waals surface area contributed by atoms with Crippen LogP contribution in [0.1, 0.15) is 6.92 Å². The molecule has 0 saturated heterocycles. The average molecular weight is 293 g/mol. The van der Waals surface area contributed by atoms with Crippen molar-refractivity contribution in [3.63, 3.8) is 0 Å². The van der Waals surface area contributed by atoms with E-state index in [4.69, 9.17) is 0 Å². The molecule has 0 aromatic heterocycles. The molecule has 0 spiro atoms. The lowest BCUT2D eigenvalue weighted by molar-refractivity contribution is -0.118. The van der Waals surface area contributed by atoms with Crippen LogP contribution in [0.25, 0.3) is 0 Å². The maximum atomic E-state index is 12.6. The molecule has 0 radical (unpaired) electrons. The van der Waals surface area contributed by atoms with E-state index in [0.717, 1.165) is 4.90 Å². The van der Waals surface area contributed by atoms with E-state index in [0.29, 0.717) is 12.3 Å². The largest absolute Gasteiger partial charge is 0.354 e. The first-order chi connectivity index (χ1) is 8.11. The minimum atomic E-state index is -0.262. The van der Waals surface area contributed by atoms with Gasteiger partial charge in [0.1, 0.15) is 5.82 Å². The molecule has 3 nitrogen and oxygen atoms in total. The summed E-state index contributed by atoms with van der Waals surface area (Å²) in [6.07, 6.45) is 0. The van der Waals surface area contributed by atoms with Gasteiger partial charge in [-0.2, -0.15) is 0 Å². The van der Waals surface area contributed by atoms with Crippen molar-refractivity contribution in [2.75, 3.05) is 19.3 Å². The Morgan fingerprint density at radius 2 is 2.00 bits per heavy atom. The number of carbonyl (C=O) groups excluding carboxylic acids is 1.